The van der Waals surface area contributed by atoms with Crippen molar-refractivity contribution >= 4 is 16.9 Å². The fourth-order valence-corrected chi connectivity index (χ4v) is 5.20. The average Bonchev–Trinajstić information content (AvgIpc) is 2.95. The fourth-order valence-electron chi connectivity index (χ4n) is 5.20. The highest BCUT2D eigenvalue weighted by Crippen LogP contribution is 2.35. The zero-order valence-electron chi connectivity index (χ0n) is 23.5. The average molecular weight is 520 g/mol. The summed E-state index contributed by atoms with van der Waals surface area (Å²) >= 11 is 0. The topological polar surface area (TPSA) is 70.4 Å². The maximum absolute atomic E-state index is 9.49. The van der Waals surface area contributed by atoms with E-state index >= 15 is 0 Å². The van der Waals surface area contributed by atoms with Gasteiger partial charge in [0.25, 0.3) is 0 Å². The van der Waals surface area contributed by atoms with Crippen LogP contribution in [0.15, 0.2) is 72.3 Å². The Hall–Kier alpha value is -2.90. The zero-order chi connectivity index (χ0) is 27.5. The third-order valence-corrected chi connectivity index (χ3v) is 7.32. The SMILES string of the molecule is CCN(CCO)c1ccc(C(=C2C=CC(N(CC)CCO)C=C2)c2ccc(N(CC)CCO)cc2C)cc1. The van der Waals surface area contributed by atoms with Crippen molar-refractivity contribution in [2.45, 2.75) is 33.7 Å². The zero-order valence-corrected chi connectivity index (χ0v) is 23.5. The molecule has 0 fully saturated rings. The predicted octanol–water partition coefficient (Wildman–Crippen LogP) is 4.24. The first-order valence-corrected chi connectivity index (χ1v) is 13.9. The minimum absolute atomic E-state index is 0.128. The van der Waals surface area contributed by atoms with E-state index in [0.29, 0.717) is 19.6 Å². The highest BCUT2D eigenvalue weighted by Gasteiger charge is 2.18. The molecule has 0 aromatic heterocycles. The van der Waals surface area contributed by atoms with Crippen molar-refractivity contribution in [1.29, 1.82) is 0 Å². The molecule has 2 aromatic carbocycles. The molecule has 0 amide bonds. The molecule has 6 nitrogen and oxygen atoms in total. The Morgan fingerprint density at radius 2 is 1.26 bits per heavy atom. The van der Waals surface area contributed by atoms with E-state index in [2.05, 4.69) is 109 Å². The quantitative estimate of drug-likeness (QED) is 0.347. The van der Waals surface area contributed by atoms with Crippen molar-refractivity contribution in [3.8, 4) is 0 Å². The van der Waals surface area contributed by atoms with Gasteiger partial charge in [-0.1, -0.05) is 49.4 Å². The molecule has 0 saturated carbocycles. The largest absolute Gasteiger partial charge is 0.395 e. The lowest BCUT2D eigenvalue weighted by Crippen LogP contribution is -2.35. The first-order valence-electron chi connectivity index (χ1n) is 13.9. The molecule has 3 N–H and O–H groups in total. The molecular weight excluding hydrogens is 474 g/mol. The van der Waals surface area contributed by atoms with Gasteiger partial charge in [-0.25, -0.2) is 0 Å². The summed E-state index contributed by atoms with van der Waals surface area (Å²) in [7, 11) is 0. The number of hydrogen-bond acceptors (Lipinski definition) is 6. The highest BCUT2D eigenvalue weighted by molar-refractivity contribution is 5.88. The molecule has 3 rings (SSSR count). The Kier molecular flexibility index (Phi) is 11.6. The van der Waals surface area contributed by atoms with Gasteiger partial charge < -0.3 is 25.1 Å². The number of aliphatic hydroxyl groups is 3. The lowest BCUT2D eigenvalue weighted by Gasteiger charge is -2.28. The van der Waals surface area contributed by atoms with Gasteiger partial charge in [-0.15, -0.1) is 0 Å². The van der Waals surface area contributed by atoms with Crippen molar-refractivity contribution in [2.24, 2.45) is 0 Å². The van der Waals surface area contributed by atoms with E-state index in [-0.39, 0.29) is 25.9 Å². The third-order valence-electron chi connectivity index (χ3n) is 7.32. The molecule has 0 saturated heterocycles. The van der Waals surface area contributed by atoms with E-state index in [1.54, 1.807) is 0 Å². The lowest BCUT2D eigenvalue weighted by atomic mass is 9.87. The monoisotopic (exact) mass is 519 g/mol. The molecule has 0 unspecified atom stereocenters. The third kappa shape index (κ3) is 7.14. The van der Waals surface area contributed by atoms with Gasteiger partial charge in [0.15, 0.2) is 0 Å². The van der Waals surface area contributed by atoms with Crippen LogP contribution in [0, 0.1) is 6.92 Å². The van der Waals surface area contributed by atoms with Gasteiger partial charge in [-0.05, 0) is 79.4 Å². The lowest BCUT2D eigenvalue weighted by molar-refractivity contribution is 0.193. The number of allylic oxidation sites excluding steroid dienone is 3. The van der Waals surface area contributed by atoms with E-state index in [1.807, 2.05) is 0 Å². The second-order valence-corrected chi connectivity index (χ2v) is 9.54. The summed E-state index contributed by atoms with van der Waals surface area (Å²) in [6.07, 6.45) is 8.84. The van der Waals surface area contributed by atoms with Crippen molar-refractivity contribution in [3.63, 3.8) is 0 Å². The standard InChI is InChI=1S/C32H45N3O3/c1-5-33(18-21-36)28-12-8-26(9-13-28)32(27-10-14-29(15-11-27)34(6-2)19-22-37)31-17-16-30(24-25(31)4)35(7-3)20-23-38/h8-17,24,28,36-38H,5-7,18-23H2,1-4H3. The number of aryl methyl sites for hydroxylation is 1. The van der Waals surface area contributed by atoms with Crippen LogP contribution in [0.3, 0.4) is 0 Å². The number of benzene rings is 2. The highest BCUT2D eigenvalue weighted by atomic mass is 16.3. The van der Waals surface area contributed by atoms with Gasteiger partial charge in [-0.2, -0.15) is 0 Å². The van der Waals surface area contributed by atoms with Crippen molar-refractivity contribution in [3.05, 3.63) is 89.0 Å². The molecule has 206 valence electrons. The minimum atomic E-state index is 0.128. The van der Waals surface area contributed by atoms with Crippen LogP contribution in [0.4, 0.5) is 11.4 Å². The molecule has 0 spiro atoms. The summed E-state index contributed by atoms with van der Waals surface area (Å²) < 4.78 is 0. The Bertz CT molecular complexity index is 1090. The van der Waals surface area contributed by atoms with Crippen LogP contribution >= 0.6 is 0 Å². The van der Waals surface area contributed by atoms with Crippen LogP contribution in [-0.4, -0.2) is 85.4 Å². The van der Waals surface area contributed by atoms with Gasteiger partial charge >= 0.3 is 0 Å². The summed E-state index contributed by atoms with van der Waals surface area (Å²) in [5, 5.41) is 28.4. The molecule has 38 heavy (non-hydrogen) atoms. The molecule has 0 radical (unpaired) electrons. The van der Waals surface area contributed by atoms with Crippen LogP contribution < -0.4 is 9.80 Å². The number of anilines is 2. The maximum atomic E-state index is 9.49. The molecule has 0 atom stereocenters. The van der Waals surface area contributed by atoms with Crippen LogP contribution in [0.2, 0.25) is 0 Å². The van der Waals surface area contributed by atoms with E-state index in [4.69, 9.17) is 0 Å². The van der Waals surface area contributed by atoms with Gasteiger partial charge in [0.2, 0.25) is 0 Å². The first kappa shape index (κ1) is 29.7. The minimum Gasteiger partial charge on any atom is -0.395 e. The molecule has 1 aliphatic carbocycles. The summed E-state index contributed by atoms with van der Waals surface area (Å²) in [6.45, 7) is 13.3. The number of hydrogen-bond donors (Lipinski definition) is 3. The van der Waals surface area contributed by atoms with Crippen molar-refractivity contribution in [1.82, 2.24) is 4.90 Å². The second kappa shape index (κ2) is 14.9. The van der Waals surface area contributed by atoms with Gasteiger partial charge in [0, 0.05) is 50.1 Å². The van der Waals surface area contributed by atoms with Gasteiger partial charge in [0.05, 0.1) is 19.8 Å². The van der Waals surface area contributed by atoms with Crippen LogP contribution in [0.1, 0.15) is 37.5 Å². The summed E-state index contributed by atoms with van der Waals surface area (Å²) in [6, 6.07) is 15.3. The Balaban J connectivity index is 2.07. The van der Waals surface area contributed by atoms with E-state index in [1.165, 1.54) is 16.7 Å². The molecule has 0 bridgehead atoms. The molecule has 0 heterocycles. The van der Waals surface area contributed by atoms with Gasteiger partial charge in [0.1, 0.15) is 0 Å². The Morgan fingerprint density at radius 3 is 1.76 bits per heavy atom. The molecular formula is C32H45N3O3. The van der Waals surface area contributed by atoms with Crippen molar-refractivity contribution < 1.29 is 15.3 Å². The summed E-state index contributed by atoms with van der Waals surface area (Å²) in [5.74, 6) is 0. The van der Waals surface area contributed by atoms with Crippen LogP contribution in [0.5, 0.6) is 0 Å². The predicted molar refractivity (Wildman–Crippen MR) is 160 cm³/mol. The number of aliphatic hydroxyl groups excluding tert-OH is 3. The Labute approximate surface area is 228 Å². The first-order chi connectivity index (χ1) is 18.5. The van der Waals surface area contributed by atoms with Crippen LogP contribution in [-0.2, 0) is 0 Å². The maximum Gasteiger partial charge on any atom is 0.0606 e. The summed E-state index contributed by atoms with van der Waals surface area (Å²) in [4.78, 5) is 6.60. The Morgan fingerprint density at radius 1 is 0.711 bits per heavy atom. The number of rotatable bonds is 14. The van der Waals surface area contributed by atoms with Crippen molar-refractivity contribution in [2.75, 3.05) is 68.9 Å². The normalized spacial score (nSPS) is 14.8. The van der Waals surface area contributed by atoms with E-state index in [9.17, 15) is 15.3 Å². The van der Waals surface area contributed by atoms with E-state index < -0.39 is 0 Å². The second-order valence-electron chi connectivity index (χ2n) is 9.54. The molecule has 1 aliphatic rings. The molecule has 0 aliphatic heterocycles. The number of nitrogens with zero attached hydrogens (tertiary/aromatic N) is 3. The summed E-state index contributed by atoms with van der Waals surface area (Å²) in [5.41, 5.74) is 8.03. The molecule has 2 aromatic rings. The number of likely N-dealkylation sites (N-methyl/N-ethyl adjacent to an activating group) is 3. The smallest absolute Gasteiger partial charge is 0.0606 e. The van der Waals surface area contributed by atoms with Gasteiger partial charge in [-0.3, -0.25) is 4.90 Å². The van der Waals surface area contributed by atoms with E-state index in [0.717, 1.165) is 42.1 Å². The fraction of sp³-hybridized carbons (Fsp3) is 0.438. The van der Waals surface area contributed by atoms with Crippen LogP contribution in [0.25, 0.3) is 5.57 Å². The molecule has 6 heteroatoms.